The van der Waals surface area contributed by atoms with Crippen molar-refractivity contribution in [2.24, 2.45) is 5.11 Å². The van der Waals surface area contributed by atoms with Gasteiger partial charge in [-0.2, -0.15) is 26.3 Å². The van der Waals surface area contributed by atoms with E-state index in [1.54, 1.807) is 30.3 Å². The highest BCUT2D eigenvalue weighted by molar-refractivity contribution is 5.73. The predicted octanol–water partition coefficient (Wildman–Crippen LogP) is 5.80. The molecule has 1 amide bonds. The molecule has 0 unspecified atom stereocenters. The van der Waals surface area contributed by atoms with E-state index in [-0.39, 0.29) is 42.5 Å². The van der Waals surface area contributed by atoms with Crippen LogP contribution in [0.2, 0.25) is 0 Å². The maximum Gasteiger partial charge on any atom is 0.416 e. The molecule has 2 bridgehead atoms. The fraction of sp³-hybridized carbons (Fsp3) is 0.458. The summed E-state index contributed by atoms with van der Waals surface area (Å²) in [5, 5.41) is 10.2. The quantitative estimate of drug-likeness (QED) is 0.215. The van der Waals surface area contributed by atoms with E-state index in [9.17, 15) is 36.7 Å². The highest BCUT2D eigenvalue weighted by Crippen LogP contribution is 2.52. The minimum atomic E-state index is -5.01. The van der Waals surface area contributed by atoms with Crippen LogP contribution in [0.4, 0.5) is 26.3 Å². The second-order valence-corrected chi connectivity index (χ2v) is 9.25. The molecular weight excluding hydrogens is 504 g/mol. The topological polar surface area (TPSA) is 99.1 Å². The minimum absolute atomic E-state index is 0.0416. The van der Waals surface area contributed by atoms with Gasteiger partial charge in [0.1, 0.15) is 0 Å². The van der Waals surface area contributed by atoms with Crippen LogP contribution in [0.3, 0.4) is 0 Å². The lowest BCUT2D eigenvalue weighted by molar-refractivity contribution is -0.144. The molecule has 0 saturated carbocycles. The molecular formula is C24H23F6N5O2. The summed E-state index contributed by atoms with van der Waals surface area (Å²) in [6.07, 6.45) is -9.32. The second-order valence-electron chi connectivity index (χ2n) is 9.25. The molecule has 0 aliphatic carbocycles. The number of ether oxygens (including phenoxy) is 1. The lowest BCUT2D eigenvalue weighted by Gasteiger charge is -2.49. The van der Waals surface area contributed by atoms with Crippen molar-refractivity contribution in [3.63, 3.8) is 0 Å². The van der Waals surface area contributed by atoms with Crippen LogP contribution in [0.15, 0.2) is 53.6 Å². The van der Waals surface area contributed by atoms with Crippen molar-refractivity contribution in [2.75, 3.05) is 0 Å². The normalized spacial score (nSPS) is 27.4. The van der Waals surface area contributed by atoms with Crippen LogP contribution in [0.25, 0.3) is 10.4 Å². The number of halogens is 6. The highest BCUT2D eigenvalue weighted by atomic mass is 19.4. The number of amides is 1. The smallest absolute Gasteiger partial charge is 0.362 e. The number of rotatable bonds is 6. The van der Waals surface area contributed by atoms with Crippen LogP contribution in [0.1, 0.15) is 48.4 Å². The van der Waals surface area contributed by atoms with Gasteiger partial charge in [-0.3, -0.25) is 10.1 Å². The monoisotopic (exact) mass is 527 g/mol. The van der Waals surface area contributed by atoms with Crippen molar-refractivity contribution in [3.05, 3.63) is 81.2 Å². The number of fused-ring (bicyclic) bond motifs is 2. The number of hydrogen-bond acceptors (Lipinski definition) is 4. The summed E-state index contributed by atoms with van der Waals surface area (Å²) in [6.45, 7) is 0.679. The molecule has 198 valence electrons. The lowest BCUT2D eigenvalue weighted by atomic mass is 9.76. The fourth-order valence-electron chi connectivity index (χ4n) is 5.36. The summed E-state index contributed by atoms with van der Waals surface area (Å²) in [5.41, 5.74) is 3.88. The van der Waals surface area contributed by atoms with Crippen LogP contribution in [-0.2, 0) is 34.0 Å². The molecule has 2 aromatic rings. The first-order valence-electron chi connectivity index (χ1n) is 11.4. The molecule has 0 aromatic heterocycles. The number of nitrogens with one attached hydrogen (secondary N) is 2. The van der Waals surface area contributed by atoms with E-state index in [0.717, 1.165) is 0 Å². The maximum absolute atomic E-state index is 13.4. The van der Waals surface area contributed by atoms with Gasteiger partial charge in [0.05, 0.1) is 23.3 Å². The van der Waals surface area contributed by atoms with E-state index in [2.05, 4.69) is 20.7 Å². The summed E-state index contributed by atoms with van der Waals surface area (Å²) in [6, 6.07) is 9.37. The first kappa shape index (κ1) is 26.8. The van der Waals surface area contributed by atoms with E-state index < -0.39 is 41.4 Å². The number of azide groups is 1. The molecule has 2 fully saturated rings. The fourth-order valence-corrected chi connectivity index (χ4v) is 5.36. The van der Waals surface area contributed by atoms with E-state index >= 15 is 0 Å². The minimum Gasteiger partial charge on any atom is -0.362 e. The Morgan fingerprint density at radius 2 is 1.76 bits per heavy atom. The molecule has 13 heteroatoms. The highest BCUT2D eigenvalue weighted by Gasteiger charge is 2.63. The number of carbonyl (C=O) groups excluding carboxylic acids is 1. The van der Waals surface area contributed by atoms with Crippen LogP contribution >= 0.6 is 0 Å². The number of hydrogen-bond donors (Lipinski definition) is 2. The third-order valence-corrected chi connectivity index (χ3v) is 6.89. The Morgan fingerprint density at radius 3 is 2.30 bits per heavy atom. The molecule has 0 radical (unpaired) electrons. The standard InChI is InChI=1S/C24H23F6N5O2/c1-14(36)32-20-12-21(16-5-3-2-4-6-16)22(34-35-31,8-7-19(20)33-21)37-13-15-9-17(23(25,26)27)11-18(10-15)24(28,29)30/h2-6,9-11,19-20,33H,7-8,12-13H2,1H3,(H,32,36)/t19-,20+,21+,22+/m0/s1. The van der Waals surface area contributed by atoms with Crippen molar-refractivity contribution < 1.29 is 35.9 Å². The number of alkyl halides is 6. The Kier molecular flexibility index (Phi) is 6.91. The molecule has 0 spiro atoms. The molecule has 2 heterocycles. The third kappa shape index (κ3) is 5.11. The lowest BCUT2D eigenvalue weighted by Crippen LogP contribution is -2.62. The largest absolute Gasteiger partial charge is 0.416 e. The summed E-state index contributed by atoms with van der Waals surface area (Å²) >= 11 is 0. The van der Waals surface area contributed by atoms with Gasteiger partial charge in [0, 0.05) is 23.9 Å². The summed E-state index contributed by atoms with van der Waals surface area (Å²) in [4.78, 5) is 14.8. The molecule has 2 aliphatic heterocycles. The number of carbonyl (C=O) groups is 1. The molecule has 4 rings (SSSR count). The van der Waals surface area contributed by atoms with Gasteiger partial charge in [-0.05, 0) is 54.1 Å². The van der Waals surface area contributed by atoms with Gasteiger partial charge >= 0.3 is 12.4 Å². The summed E-state index contributed by atoms with van der Waals surface area (Å²) < 4.78 is 86.2. The van der Waals surface area contributed by atoms with Crippen molar-refractivity contribution >= 4 is 5.91 Å². The van der Waals surface area contributed by atoms with Gasteiger partial charge in [0.25, 0.3) is 0 Å². The van der Waals surface area contributed by atoms with E-state index in [1.807, 2.05) is 0 Å². The third-order valence-electron chi connectivity index (χ3n) is 6.89. The molecule has 2 aromatic carbocycles. The molecule has 7 nitrogen and oxygen atoms in total. The SMILES string of the molecule is CC(=O)N[C@@H]1C[C@]2(c3ccccc3)N[C@H]1CC[C@@]2(N=[N+]=[N-])OCc1cc(C(F)(F)F)cc(C(F)(F)F)c1. The second kappa shape index (κ2) is 9.55. The average molecular weight is 527 g/mol. The zero-order chi connectivity index (χ0) is 27.1. The van der Waals surface area contributed by atoms with Crippen molar-refractivity contribution in [1.82, 2.24) is 10.6 Å². The summed E-state index contributed by atoms with van der Waals surface area (Å²) in [7, 11) is 0. The van der Waals surface area contributed by atoms with Gasteiger partial charge in [0.2, 0.25) is 5.91 Å². The molecule has 2 N–H and O–H groups in total. The van der Waals surface area contributed by atoms with Gasteiger partial charge in [-0.25, -0.2) is 0 Å². The Morgan fingerprint density at radius 1 is 1.14 bits per heavy atom. The number of nitrogens with zero attached hydrogens (tertiary/aromatic N) is 3. The van der Waals surface area contributed by atoms with Crippen molar-refractivity contribution in [2.45, 2.75) is 68.5 Å². The first-order chi connectivity index (χ1) is 17.3. The van der Waals surface area contributed by atoms with E-state index in [0.29, 0.717) is 24.1 Å². The van der Waals surface area contributed by atoms with Gasteiger partial charge in [-0.1, -0.05) is 35.4 Å². The van der Waals surface area contributed by atoms with E-state index in [4.69, 9.17) is 4.74 Å². The van der Waals surface area contributed by atoms with Crippen molar-refractivity contribution in [3.8, 4) is 0 Å². The molecule has 4 atom stereocenters. The zero-order valence-electron chi connectivity index (χ0n) is 19.5. The average Bonchev–Trinajstić information content (AvgIpc) is 3.14. The zero-order valence-corrected chi connectivity index (χ0v) is 19.5. The van der Waals surface area contributed by atoms with Gasteiger partial charge < -0.3 is 10.1 Å². The van der Waals surface area contributed by atoms with Crippen LogP contribution in [0.5, 0.6) is 0 Å². The number of benzene rings is 2. The maximum atomic E-state index is 13.4. The van der Waals surface area contributed by atoms with E-state index in [1.165, 1.54) is 6.92 Å². The summed E-state index contributed by atoms with van der Waals surface area (Å²) in [5.74, 6) is -0.276. The van der Waals surface area contributed by atoms with Crippen LogP contribution < -0.4 is 10.6 Å². The van der Waals surface area contributed by atoms with Gasteiger partial charge in [-0.15, -0.1) is 0 Å². The molecule has 37 heavy (non-hydrogen) atoms. The Bertz CT molecular complexity index is 1180. The molecule has 2 aliphatic rings. The number of piperidine rings is 1. The Balaban J connectivity index is 1.77. The predicted molar refractivity (Wildman–Crippen MR) is 120 cm³/mol. The Labute approximate surface area is 207 Å². The van der Waals surface area contributed by atoms with Crippen molar-refractivity contribution in [1.29, 1.82) is 0 Å². The van der Waals surface area contributed by atoms with Gasteiger partial charge in [0.15, 0.2) is 5.72 Å². The first-order valence-corrected chi connectivity index (χ1v) is 11.4. The van der Waals surface area contributed by atoms with Crippen LogP contribution in [-0.4, -0.2) is 23.7 Å². The Hall–Kier alpha value is -3.28. The molecule has 2 saturated heterocycles. The van der Waals surface area contributed by atoms with Crippen LogP contribution in [0, 0.1) is 0 Å².